The first-order valence-corrected chi connectivity index (χ1v) is 8.11. The van der Waals surface area contributed by atoms with Crippen LogP contribution < -0.4 is 4.74 Å². The Kier molecular flexibility index (Phi) is 3.25. The Balaban J connectivity index is 1.58. The summed E-state index contributed by atoms with van der Waals surface area (Å²) in [6.07, 6.45) is 2.33. The largest absolute Gasteiger partial charge is 0.497 e. The molecule has 1 fully saturated rings. The molecule has 0 amide bonds. The monoisotopic (exact) mass is 316 g/mol. The average Bonchev–Trinajstić information content (AvgIpc) is 3.11. The van der Waals surface area contributed by atoms with Crippen molar-refractivity contribution in [2.45, 2.75) is 36.2 Å². The molecule has 2 aromatic heterocycles. The number of nitrogens with zero attached hydrogens (tertiary/aromatic N) is 5. The standard InChI is InChI=1S/C14H16N6OS/c1-8(13-17-18-19-20(13)9-3-4-9)22-14-15-11-6-5-10(21-2)7-12(11)16-14/h5-9H,3-4H2,1-2H3,(H,15,16)/t8-/m1/s1. The van der Waals surface area contributed by atoms with Gasteiger partial charge >= 0.3 is 0 Å². The van der Waals surface area contributed by atoms with Crippen molar-refractivity contribution in [1.29, 1.82) is 0 Å². The van der Waals surface area contributed by atoms with Crippen molar-refractivity contribution in [3.63, 3.8) is 0 Å². The Morgan fingerprint density at radius 3 is 3.05 bits per heavy atom. The van der Waals surface area contributed by atoms with Gasteiger partial charge in [0.15, 0.2) is 11.0 Å². The third-order valence-corrected chi connectivity index (χ3v) is 4.71. The number of ether oxygens (including phenoxy) is 1. The van der Waals surface area contributed by atoms with Gasteiger partial charge in [0.05, 0.1) is 29.4 Å². The molecule has 0 bridgehead atoms. The van der Waals surface area contributed by atoms with Gasteiger partial charge in [0.25, 0.3) is 0 Å². The van der Waals surface area contributed by atoms with E-state index in [2.05, 4.69) is 32.4 Å². The number of nitrogens with one attached hydrogen (secondary N) is 1. The second-order valence-electron chi connectivity index (χ2n) is 5.40. The zero-order valence-corrected chi connectivity index (χ0v) is 13.2. The molecule has 0 spiro atoms. The van der Waals surface area contributed by atoms with Crippen molar-refractivity contribution in [3.8, 4) is 5.75 Å². The smallest absolute Gasteiger partial charge is 0.167 e. The first-order chi connectivity index (χ1) is 10.7. The van der Waals surface area contributed by atoms with Crippen molar-refractivity contribution in [2.24, 2.45) is 0 Å². The van der Waals surface area contributed by atoms with E-state index in [9.17, 15) is 0 Å². The van der Waals surface area contributed by atoms with Gasteiger partial charge in [-0.1, -0.05) is 11.8 Å². The molecule has 1 aliphatic carbocycles. The minimum Gasteiger partial charge on any atom is -0.497 e. The molecule has 8 heteroatoms. The van der Waals surface area contributed by atoms with Gasteiger partial charge in [0, 0.05) is 6.07 Å². The van der Waals surface area contributed by atoms with Crippen LogP contribution in [0.25, 0.3) is 11.0 Å². The van der Waals surface area contributed by atoms with Crippen LogP contribution >= 0.6 is 11.8 Å². The predicted molar refractivity (Wildman–Crippen MR) is 83.0 cm³/mol. The highest BCUT2D eigenvalue weighted by Gasteiger charge is 2.30. The van der Waals surface area contributed by atoms with Gasteiger partial charge in [-0.25, -0.2) is 9.67 Å². The molecule has 0 unspecified atom stereocenters. The highest BCUT2D eigenvalue weighted by atomic mass is 32.2. The number of thioether (sulfide) groups is 1. The van der Waals surface area contributed by atoms with Gasteiger partial charge in [-0.2, -0.15) is 0 Å². The van der Waals surface area contributed by atoms with Crippen molar-refractivity contribution in [1.82, 2.24) is 30.2 Å². The lowest BCUT2D eigenvalue weighted by Crippen LogP contribution is -2.05. The van der Waals surface area contributed by atoms with E-state index in [1.54, 1.807) is 18.9 Å². The highest BCUT2D eigenvalue weighted by Crippen LogP contribution is 2.39. The van der Waals surface area contributed by atoms with Gasteiger partial charge in [0.1, 0.15) is 5.75 Å². The topological polar surface area (TPSA) is 81.5 Å². The van der Waals surface area contributed by atoms with Crippen LogP contribution in [0.4, 0.5) is 0 Å². The van der Waals surface area contributed by atoms with Crippen LogP contribution in [-0.2, 0) is 0 Å². The van der Waals surface area contributed by atoms with Gasteiger partial charge in [-0.3, -0.25) is 0 Å². The molecule has 22 heavy (non-hydrogen) atoms. The summed E-state index contributed by atoms with van der Waals surface area (Å²) in [5.41, 5.74) is 1.90. The molecule has 7 nitrogen and oxygen atoms in total. The number of imidazole rings is 1. The fourth-order valence-corrected chi connectivity index (χ4v) is 3.33. The number of fused-ring (bicyclic) bond motifs is 1. The highest BCUT2D eigenvalue weighted by molar-refractivity contribution is 7.99. The Bertz CT molecular complexity index is 809. The van der Waals surface area contributed by atoms with Crippen molar-refractivity contribution < 1.29 is 4.74 Å². The molecular formula is C14H16N6OS. The SMILES string of the molecule is COc1ccc2nc(S[C@H](C)c3nnnn3C3CC3)[nH]c2c1. The fraction of sp³-hybridized carbons (Fsp3) is 0.429. The minimum absolute atomic E-state index is 0.137. The number of benzene rings is 1. The van der Waals surface area contributed by atoms with Crippen LogP contribution in [0.15, 0.2) is 23.4 Å². The number of hydrogen-bond acceptors (Lipinski definition) is 6. The Morgan fingerprint density at radius 2 is 2.27 bits per heavy atom. The molecule has 0 radical (unpaired) electrons. The molecule has 2 heterocycles. The molecule has 1 aliphatic rings. The van der Waals surface area contributed by atoms with Crippen LogP contribution in [-0.4, -0.2) is 37.3 Å². The lowest BCUT2D eigenvalue weighted by molar-refractivity contribution is 0.415. The van der Waals surface area contributed by atoms with Crippen LogP contribution in [0.3, 0.4) is 0 Å². The number of hydrogen-bond donors (Lipinski definition) is 1. The summed E-state index contributed by atoms with van der Waals surface area (Å²) in [5.74, 6) is 1.73. The number of methoxy groups -OCH3 is 1. The van der Waals surface area contributed by atoms with Crippen molar-refractivity contribution >= 4 is 22.8 Å². The molecule has 3 aromatic rings. The molecular weight excluding hydrogens is 300 g/mol. The quantitative estimate of drug-likeness (QED) is 0.729. The van der Waals surface area contributed by atoms with Gasteiger partial charge in [-0.05, 0) is 42.3 Å². The Hall–Kier alpha value is -2.09. The molecule has 1 atom stereocenters. The Labute approximate surface area is 131 Å². The van der Waals surface area contributed by atoms with E-state index >= 15 is 0 Å². The number of rotatable bonds is 5. The summed E-state index contributed by atoms with van der Waals surface area (Å²) in [5, 5.41) is 13.1. The normalized spacial score (nSPS) is 16.1. The summed E-state index contributed by atoms with van der Waals surface area (Å²) in [4.78, 5) is 7.92. The van der Waals surface area contributed by atoms with E-state index in [4.69, 9.17) is 4.74 Å². The molecule has 114 valence electrons. The van der Waals surface area contributed by atoms with Crippen LogP contribution in [0, 0.1) is 0 Å². The van der Waals surface area contributed by atoms with E-state index in [1.807, 2.05) is 22.9 Å². The number of tetrazole rings is 1. The minimum atomic E-state index is 0.137. The third kappa shape index (κ3) is 2.43. The molecule has 1 aromatic carbocycles. The number of aromatic amines is 1. The van der Waals surface area contributed by atoms with E-state index in [1.165, 1.54) is 12.8 Å². The second kappa shape index (κ2) is 5.28. The fourth-order valence-electron chi connectivity index (χ4n) is 2.42. The zero-order valence-electron chi connectivity index (χ0n) is 12.4. The lowest BCUT2D eigenvalue weighted by Gasteiger charge is -2.08. The van der Waals surface area contributed by atoms with Crippen LogP contribution in [0.1, 0.15) is 36.9 Å². The Morgan fingerprint density at radius 1 is 1.41 bits per heavy atom. The van der Waals surface area contributed by atoms with E-state index in [0.29, 0.717) is 6.04 Å². The maximum absolute atomic E-state index is 5.24. The van der Waals surface area contributed by atoms with Crippen LogP contribution in [0.2, 0.25) is 0 Å². The van der Waals surface area contributed by atoms with E-state index in [-0.39, 0.29) is 5.25 Å². The van der Waals surface area contributed by atoms with Crippen molar-refractivity contribution in [3.05, 3.63) is 24.0 Å². The maximum atomic E-state index is 5.24. The van der Waals surface area contributed by atoms with Crippen LogP contribution in [0.5, 0.6) is 5.75 Å². The van der Waals surface area contributed by atoms with Gasteiger partial charge < -0.3 is 9.72 Å². The predicted octanol–water partition coefficient (Wildman–Crippen LogP) is 2.75. The first kappa shape index (κ1) is 13.6. The second-order valence-corrected chi connectivity index (χ2v) is 6.73. The summed E-state index contributed by atoms with van der Waals surface area (Å²) in [7, 11) is 1.66. The van der Waals surface area contributed by atoms with Gasteiger partial charge in [-0.15, -0.1) is 5.10 Å². The summed E-state index contributed by atoms with van der Waals surface area (Å²) in [6.45, 7) is 2.10. The first-order valence-electron chi connectivity index (χ1n) is 7.23. The average molecular weight is 316 g/mol. The van der Waals surface area contributed by atoms with Gasteiger partial charge in [0.2, 0.25) is 0 Å². The summed E-state index contributed by atoms with van der Waals surface area (Å²) < 4.78 is 7.18. The molecule has 0 saturated heterocycles. The van der Waals surface area contributed by atoms with E-state index in [0.717, 1.165) is 27.8 Å². The third-order valence-electron chi connectivity index (χ3n) is 3.73. The lowest BCUT2D eigenvalue weighted by atomic mass is 10.3. The van der Waals surface area contributed by atoms with Crippen molar-refractivity contribution in [2.75, 3.05) is 7.11 Å². The maximum Gasteiger partial charge on any atom is 0.167 e. The molecule has 0 aliphatic heterocycles. The summed E-state index contributed by atoms with van der Waals surface area (Å²) >= 11 is 1.63. The van der Waals surface area contributed by atoms with E-state index < -0.39 is 0 Å². The molecule has 4 rings (SSSR count). The number of aromatic nitrogens is 6. The molecule has 1 N–H and O–H groups in total. The zero-order chi connectivity index (χ0) is 15.1. The molecule has 1 saturated carbocycles. The summed E-state index contributed by atoms with van der Waals surface area (Å²) in [6, 6.07) is 6.29. The number of H-pyrrole nitrogens is 1.